The van der Waals surface area contributed by atoms with E-state index < -0.39 is 0 Å². The van der Waals surface area contributed by atoms with Crippen molar-refractivity contribution in [3.05, 3.63) is 18.2 Å². The van der Waals surface area contributed by atoms with Crippen LogP contribution in [0.15, 0.2) is 18.2 Å². The summed E-state index contributed by atoms with van der Waals surface area (Å²) in [6.07, 6.45) is 1.03. The maximum atomic E-state index is 12.1. The largest absolute Gasteiger partial charge is 0.494 e. The molecule has 1 aromatic carbocycles. The van der Waals surface area contributed by atoms with E-state index in [4.69, 9.17) is 4.74 Å². The highest BCUT2D eigenvalue weighted by atomic mass is 32.1. The summed E-state index contributed by atoms with van der Waals surface area (Å²) in [5.41, 5.74) is 0.903. The molecule has 2 aromatic rings. The molecule has 1 aliphatic heterocycles. The van der Waals surface area contributed by atoms with Crippen LogP contribution in [0.4, 0.5) is 5.13 Å². The normalized spacial score (nSPS) is 15.0. The highest BCUT2D eigenvalue weighted by Crippen LogP contribution is 2.36. The van der Waals surface area contributed by atoms with Crippen molar-refractivity contribution < 1.29 is 9.53 Å². The van der Waals surface area contributed by atoms with Crippen LogP contribution in [-0.4, -0.2) is 37.6 Å². The molecule has 23 heavy (non-hydrogen) atoms. The van der Waals surface area contributed by atoms with E-state index in [0.29, 0.717) is 5.92 Å². The second-order valence-electron chi connectivity index (χ2n) is 6.38. The standard InChI is InChI=1S/C17H23N3O2S/c1-11(2)7-8-18-16(21)12-9-20(10-12)17-19-15-13(22-3)5-4-6-14(15)23-17/h4-6,11-12H,7-10H2,1-3H3,(H,18,21). The van der Waals surface area contributed by atoms with Crippen molar-refractivity contribution in [2.75, 3.05) is 31.6 Å². The quantitative estimate of drug-likeness (QED) is 0.883. The molecule has 1 fully saturated rings. The van der Waals surface area contributed by atoms with Gasteiger partial charge in [0.05, 0.1) is 17.7 Å². The molecule has 3 rings (SSSR count). The Bertz CT molecular complexity index is 692. The number of nitrogens with one attached hydrogen (secondary N) is 1. The number of nitrogens with zero attached hydrogens (tertiary/aromatic N) is 2. The summed E-state index contributed by atoms with van der Waals surface area (Å²) in [6.45, 7) is 6.59. The first-order chi connectivity index (χ1) is 11.1. The fourth-order valence-corrected chi connectivity index (χ4v) is 3.64. The van der Waals surface area contributed by atoms with Gasteiger partial charge in [0.2, 0.25) is 5.91 Å². The molecule has 0 saturated carbocycles. The molecule has 0 aliphatic carbocycles. The number of ether oxygens (including phenoxy) is 1. The first-order valence-electron chi connectivity index (χ1n) is 8.04. The van der Waals surface area contributed by atoms with Gasteiger partial charge in [0, 0.05) is 19.6 Å². The van der Waals surface area contributed by atoms with Crippen LogP contribution in [0.1, 0.15) is 20.3 Å². The molecule has 0 bridgehead atoms. The molecule has 1 N–H and O–H groups in total. The fourth-order valence-electron chi connectivity index (χ4n) is 2.64. The van der Waals surface area contributed by atoms with Gasteiger partial charge in [-0.15, -0.1) is 0 Å². The van der Waals surface area contributed by atoms with E-state index in [1.165, 1.54) is 0 Å². The van der Waals surface area contributed by atoms with E-state index in [2.05, 4.69) is 35.1 Å². The molecule has 6 heteroatoms. The van der Waals surface area contributed by atoms with Crippen molar-refractivity contribution in [3.63, 3.8) is 0 Å². The van der Waals surface area contributed by atoms with Crippen molar-refractivity contribution in [2.45, 2.75) is 20.3 Å². The van der Waals surface area contributed by atoms with Gasteiger partial charge in [0.1, 0.15) is 11.3 Å². The zero-order chi connectivity index (χ0) is 16.4. The Hall–Kier alpha value is -1.82. The summed E-state index contributed by atoms with van der Waals surface area (Å²) in [6, 6.07) is 5.95. The van der Waals surface area contributed by atoms with Crippen LogP contribution in [0, 0.1) is 11.8 Å². The number of hydrogen-bond donors (Lipinski definition) is 1. The molecule has 0 unspecified atom stereocenters. The third-order valence-corrected chi connectivity index (χ3v) is 5.22. The Morgan fingerprint density at radius 1 is 1.48 bits per heavy atom. The van der Waals surface area contributed by atoms with Crippen molar-refractivity contribution in [1.82, 2.24) is 10.3 Å². The topological polar surface area (TPSA) is 54.5 Å². The Labute approximate surface area is 140 Å². The van der Waals surface area contributed by atoms with E-state index in [0.717, 1.165) is 47.2 Å². The monoisotopic (exact) mass is 333 g/mol. The van der Waals surface area contributed by atoms with Crippen LogP contribution < -0.4 is 15.0 Å². The predicted molar refractivity (Wildman–Crippen MR) is 94.3 cm³/mol. The molecule has 0 spiro atoms. The zero-order valence-electron chi connectivity index (χ0n) is 13.8. The third kappa shape index (κ3) is 3.42. The van der Waals surface area contributed by atoms with Gasteiger partial charge in [-0.05, 0) is 24.5 Å². The van der Waals surface area contributed by atoms with Crippen molar-refractivity contribution in [3.8, 4) is 5.75 Å². The van der Waals surface area contributed by atoms with E-state index in [-0.39, 0.29) is 11.8 Å². The van der Waals surface area contributed by atoms with Crippen LogP contribution >= 0.6 is 11.3 Å². The van der Waals surface area contributed by atoms with Crippen LogP contribution in [0.5, 0.6) is 5.75 Å². The summed E-state index contributed by atoms with van der Waals surface area (Å²) in [5, 5.41) is 4.00. The summed E-state index contributed by atoms with van der Waals surface area (Å²) < 4.78 is 6.47. The minimum absolute atomic E-state index is 0.0797. The molecular formula is C17H23N3O2S. The molecule has 0 atom stereocenters. The highest BCUT2D eigenvalue weighted by Gasteiger charge is 2.34. The number of anilines is 1. The van der Waals surface area contributed by atoms with Crippen LogP contribution in [0.3, 0.4) is 0 Å². The van der Waals surface area contributed by atoms with Gasteiger partial charge in [-0.25, -0.2) is 4.98 Å². The second-order valence-corrected chi connectivity index (χ2v) is 7.39. The number of aromatic nitrogens is 1. The molecule has 1 aliphatic rings. The molecular weight excluding hydrogens is 310 g/mol. The van der Waals surface area contributed by atoms with E-state index in [9.17, 15) is 4.79 Å². The number of methoxy groups -OCH3 is 1. The highest BCUT2D eigenvalue weighted by molar-refractivity contribution is 7.22. The number of para-hydroxylation sites is 1. The lowest BCUT2D eigenvalue weighted by atomic mass is 10.00. The van der Waals surface area contributed by atoms with Crippen LogP contribution in [-0.2, 0) is 4.79 Å². The third-order valence-electron chi connectivity index (χ3n) is 4.13. The Morgan fingerprint density at radius 2 is 2.26 bits per heavy atom. The SMILES string of the molecule is COc1cccc2sc(N3CC(C(=O)NCCC(C)C)C3)nc12. The average molecular weight is 333 g/mol. The molecule has 1 amide bonds. The lowest BCUT2D eigenvalue weighted by molar-refractivity contribution is -0.125. The number of fused-ring (bicyclic) bond motifs is 1. The van der Waals surface area contributed by atoms with Gasteiger partial charge >= 0.3 is 0 Å². The summed E-state index contributed by atoms with van der Waals surface area (Å²) in [4.78, 5) is 18.9. The molecule has 2 heterocycles. The minimum Gasteiger partial charge on any atom is -0.494 e. The molecule has 1 saturated heterocycles. The minimum atomic E-state index is 0.0797. The molecule has 124 valence electrons. The van der Waals surface area contributed by atoms with Gasteiger partial charge in [-0.2, -0.15) is 0 Å². The van der Waals surface area contributed by atoms with Crippen molar-refractivity contribution in [2.24, 2.45) is 11.8 Å². The van der Waals surface area contributed by atoms with Gasteiger partial charge in [0.15, 0.2) is 5.13 Å². The van der Waals surface area contributed by atoms with Gasteiger partial charge in [-0.1, -0.05) is 31.3 Å². The first kappa shape index (κ1) is 16.1. The molecule has 1 aromatic heterocycles. The Kier molecular flexibility index (Phi) is 4.71. The Morgan fingerprint density at radius 3 is 2.96 bits per heavy atom. The van der Waals surface area contributed by atoms with Crippen molar-refractivity contribution in [1.29, 1.82) is 0 Å². The van der Waals surface area contributed by atoms with E-state index in [1.807, 2.05) is 12.1 Å². The Balaban J connectivity index is 1.58. The lowest BCUT2D eigenvalue weighted by Crippen LogP contribution is -2.53. The number of rotatable bonds is 6. The predicted octanol–water partition coefficient (Wildman–Crippen LogP) is 2.90. The van der Waals surface area contributed by atoms with Gasteiger partial charge in [-0.3, -0.25) is 4.79 Å². The van der Waals surface area contributed by atoms with E-state index in [1.54, 1.807) is 18.4 Å². The number of carbonyl (C=O) groups is 1. The van der Waals surface area contributed by atoms with Crippen molar-refractivity contribution >= 4 is 32.6 Å². The zero-order valence-corrected chi connectivity index (χ0v) is 14.7. The van der Waals surface area contributed by atoms with E-state index >= 15 is 0 Å². The maximum Gasteiger partial charge on any atom is 0.226 e. The van der Waals surface area contributed by atoms with Crippen LogP contribution in [0.2, 0.25) is 0 Å². The van der Waals surface area contributed by atoms with Gasteiger partial charge in [0.25, 0.3) is 0 Å². The fraction of sp³-hybridized carbons (Fsp3) is 0.529. The van der Waals surface area contributed by atoms with Gasteiger partial charge < -0.3 is 15.0 Å². The molecule has 0 radical (unpaired) electrons. The number of amides is 1. The number of thiazole rings is 1. The number of benzene rings is 1. The maximum absolute atomic E-state index is 12.1. The lowest BCUT2D eigenvalue weighted by Gasteiger charge is -2.38. The molecule has 5 nitrogen and oxygen atoms in total. The second kappa shape index (κ2) is 6.74. The van der Waals surface area contributed by atoms with Crippen LogP contribution in [0.25, 0.3) is 10.2 Å². The number of hydrogen-bond acceptors (Lipinski definition) is 5. The average Bonchev–Trinajstić information content (AvgIpc) is 2.88. The summed E-state index contributed by atoms with van der Waals surface area (Å²) in [7, 11) is 1.66. The summed E-state index contributed by atoms with van der Waals surface area (Å²) >= 11 is 1.65. The number of carbonyl (C=O) groups excluding carboxylic acids is 1. The first-order valence-corrected chi connectivity index (χ1v) is 8.86. The summed E-state index contributed by atoms with van der Waals surface area (Å²) in [5.74, 6) is 1.66. The smallest absolute Gasteiger partial charge is 0.226 e.